The number of nitrogens with zero attached hydrogens (tertiary/aromatic N) is 1. The van der Waals surface area contributed by atoms with Crippen molar-refractivity contribution in [3.8, 4) is 0 Å². The third-order valence-electron chi connectivity index (χ3n) is 2.89. The Morgan fingerprint density at radius 3 is 2.28 bits per heavy atom. The Morgan fingerprint density at radius 1 is 1.04 bits per heavy atom. The minimum absolute atomic E-state index is 0.0119. The number of hydrogen-bond acceptors (Lipinski definition) is 3. The van der Waals surface area contributed by atoms with Gasteiger partial charge in [-0.2, -0.15) is 13.2 Å². The summed E-state index contributed by atoms with van der Waals surface area (Å²) in [5, 5.41) is 4.81. The lowest BCUT2D eigenvalue weighted by Crippen LogP contribution is -2.16. The SMILES string of the molecule is CC(=O)Nc1cc(C(=O)Nc2cc(Cl)c(Cl)cn2)cc(C(F)(F)F)c1. The van der Waals surface area contributed by atoms with Crippen LogP contribution in [-0.4, -0.2) is 16.8 Å². The molecule has 1 heterocycles. The molecule has 0 fully saturated rings. The molecular formula is C15H10Cl2F3N3O2. The maximum Gasteiger partial charge on any atom is 0.416 e. The van der Waals surface area contributed by atoms with Crippen molar-refractivity contribution in [1.82, 2.24) is 4.98 Å². The average molecular weight is 392 g/mol. The quantitative estimate of drug-likeness (QED) is 0.801. The highest BCUT2D eigenvalue weighted by Gasteiger charge is 2.32. The minimum Gasteiger partial charge on any atom is -0.326 e. The van der Waals surface area contributed by atoms with Crippen LogP contribution in [0.15, 0.2) is 30.5 Å². The fraction of sp³-hybridized carbons (Fsp3) is 0.133. The van der Waals surface area contributed by atoms with Gasteiger partial charge in [-0.25, -0.2) is 4.98 Å². The van der Waals surface area contributed by atoms with Crippen LogP contribution in [-0.2, 0) is 11.0 Å². The molecule has 2 rings (SSSR count). The molecule has 1 aromatic heterocycles. The van der Waals surface area contributed by atoms with Crippen molar-refractivity contribution in [2.45, 2.75) is 13.1 Å². The monoisotopic (exact) mass is 391 g/mol. The third kappa shape index (κ3) is 5.07. The second kappa shape index (κ2) is 7.28. The van der Waals surface area contributed by atoms with Gasteiger partial charge in [-0.1, -0.05) is 23.2 Å². The molecule has 0 radical (unpaired) electrons. The summed E-state index contributed by atoms with van der Waals surface area (Å²) in [6.07, 6.45) is -3.50. The van der Waals surface area contributed by atoms with E-state index in [-0.39, 0.29) is 27.1 Å². The number of carbonyl (C=O) groups is 2. The van der Waals surface area contributed by atoms with Gasteiger partial charge in [0.25, 0.3) is 5.91 Å². The van der Waals surface area contributed by atoms with Gasteiger partial charge in [0.05, 0.1) is 15.6 Å². The molecule has 10 heteroatoms. The lowest BCUT2D eigenvalue weighted by molar-refractivity contribution is -0.137. The first-order valence-corrected chi connectivity index (χ1v) is 7.44. The van der Waals surface area contributed by atoms with Crippen LogP contribution in [0.4, 0.5) is 24.7 Å². The van der Waals surface area contributed by atoms with Gasteiger partial charge in [-0.05, 0) is 18.2 Å². The zero-order chi connectivity index (χ0) is 18.8. The Balaban J connectivity index is 2.36. The van der Waals surface area contributed by atoms with Gasteiger partial charge in [0.1, 0.15) is 5.82 Å². The Labute approximate surface area is 150 Å². The smallest absolute Gasteiger partial charge is 0.326 e. The van der Waals surface area contributed by atoms with Crippen LogP contribution in [0.5, 0.6) is 0 Å². The van der Waals surface area contributed by atoms with E-state index >= 15 is 0 Å². The van der Waals surface area contributed by atoms with Crippen LogP contribution in [0.2, 0.25) is 10.0 Å². The number of carbonyl (C=O) groups excluding carboxylic acids is 2. The van der Waals surface area contributed by atoms with Crippen LogP contribution >= 0.6 is 23.2 Å². The highest BCUT2D eigenvalue weighted by atomic mass is 35.5. The summed E-state index contributed by atoms with van der Waals surface area (Å²) in [5.74, 6) is -1.42. The fourth-order valence-corrected chi connectivity index (χ4v) is 2.12. The van der Waals surface area contributed by atoms with Crippen molar-refractivity contribution < 1.29 is 22.8 Å². The number of halogens is 5. The largest absolute Gasteiger partial charge is 0.416 e. The summed E-state index contributed by atoms with van der Waals surface area (Å²) in [6.45, 7) is 1.14. The molecule has 0 saturated heterocycles. The standard InChI is InChI=1S/C15H10Cl2F3N3O2/c1-7(24)22-10-3-8(2-9(4-10)15(18,19)20)14(25)23-13-5-11(16)12(17)6-21-13/h2-6H,1H3,(H,22,24)(H,21,23,25). The van der Waals surface area contributed by atoms with E-state index in [1.54, 1.807) is 0 Å². The molecule has 1 aromatic carbocycles. The number of hydrogen-bond donors (Lipinski definition) is 2. The fourth-order valence-electron chi connectivity index (χ4n) is 1.87. The second-order valence-corrected chi connectivity index (χ2v) is 5.73. The Kier molecular flexibility index (Phi) is 5.54. The van der Waals surface area contributed by atoms with Gasteiger partial charge >= 0.3 is 6.18 Å². The molecule has 2 amide bonds. The van der Waals surface area contributed by atoms with Crippen molar-refractivity contribution in [3.05, 3.63) is 51.6 Å². The molecule has 2 N–H and O–H groups in total. The Bertz CT molecular complexity index is 841. The maximum atomic E-state index is 13.0. The summed E-state index contributed by atoms with van der Waals surface area (Å²) in [6, 6.07) is 3.77. The average Bonchev–Trinajstić information content (AvgIpc) is 2.49. The number of aromatic nitrogens is 1. The molecule has 5 nitrogen and oxygen atoms in total. The van der Waals surface area contributed by atoms with Crippen molar-refractivity contribution in [1.29, 1.82) is 0 Å². The summed E-state index contributed by atoms with van der Waals surface area (Å²) in [7, 11) is 0. The number of nitrogens with one attached hydrogen (secondary N) is 2. The van der Waals surface area contributed by atoms with E-state index in [2.05, 4.69) is 15.6 Å². The summed E-state index contributed by atoms with van der Waals surface area (Å²) in [4.78, 5) is 27.1. The van der Waals surface area contributed by atoms with E-state index in [9.17, 15) is 22.8 Å². The molecule has 0 bridgehead atoms. The summed E-state index contributed by atoms with van der Waals surface area (Å²) in [5.41, 5.74) is -1.55. The number of rotatable bonds is 3. The number of anilines is 2. The number of amides is 2. The summed E-state index contributed by atoms with van der Waals surface area (Å²) < 4.78 is 39.0. The molecule has 0 spiro atoms. The van der Waals surface area contributed by atoms with E-state index in [4.69, 9.17) is 23.2 Å². The number of alkyl halides is 3. The molecule has 132 valence electrons. The first kappa shape index (κ1) is 19.0. The van der Waals surface area contributed by atoms with Gasteiger partial charge in [0.15, 0.2) is 0 Å². The Morgan fingerprint density at radius 2 is 1.72 bits per heavy atom. The second-order valence-electron chi connectivity index (χ2n) is 4.92. The molecule has 0 aliphatic rings. The van der Waals surface area contributed by atoms with E-state index in [0.717, 1.165) is 19.1 Å². The van der Waals surface area contributed by atoms with E-state index < -0.39 is 23.6 Å². The van der Waals surface area contributed by atoms with Gasteiger partial charge in [0.2, 0.25) is 5.91 Å². The lowest BCUT2D eigenvalue weighted by Gasteiger charge is -2.12. The van der Waals surface area contributed by atoms with E-state index in [0.29, 0.717) is 6.07 Å². The van der Waals surface area contributed by atoms with Crippen LogP contribution < -0.4 is 10.6 Å². The first-order chi connectivity index (χ1) is 11.6. The number of pyridine rings is 1. The van der Waals surface area contributed by atoms with Crippen molar-refractivity contribution >= 4 is 46.5 Å². The van der Waals surface area contributed by atoms with E-state index in [1.807, 2.05) is 0 Å². The zero-order valence-corrected chi connectivity index (χ0v) is 14.1. The molecular weight excluding hydrogens is 382 g/mol. The van der Waals surface area contributed by atoms with Crippen molar-refractivity contribution in [2.75, 3.05) is 10.6 Å². The Hall–Kier alpha value is -2.32. The molecule has 0 atom stereocenters. The lowest BCUT2D eigenvalue weighted by atomic mass is 10.1. The molecule has 0 aliphatic carbocycles. The van der Waals surface area contributed by atoms with Crippen molar-refractivity contribution in [3.63, 3.8) is 0 Å². The number of benzene rings is 1. The van der Waals surface area contributed by atoms with Crippen LogP contribution in [0.3, 0.4) is 0 Å². The molecule has 25 heavy (non-hydrogen) atoms. The van der Waals surface area contributed by atoms with Crippen LogP contribution in [0.25, 0.3) is 0 Å². The molecule has 0 saturated carbocycles. The summed E-state index contributed by atoms with van der Waals surface area (Å²) >= 11 is 11.5. The molecule has 2 aromatic rings. The predicted molar refractivity (Wildman–Crippen MR) is 88.0 cm³/mol. The molecule has 0 unspecified atom stereocenters. The first-order valence-electron chi connectivity index (χ1n) is 6.68. The highest BCUT2D eigenvalue weighted by Crippen LogP contribution is 2.32. The van der Waals surface area contributed by atoms with Crippen molar-refractivity contribution in [2.24, 2.45) is 0 Å². The van der Waals surface area contributed by atoms with Crippen LogP contribution in [0, 0.1) is 0 Å². The maximum absolute atomic E-state index is 13.0. The normalized spacial score (nSPS) is 11.1. The predicted octanol–water partition coefficient (Wildman–Crippen LogP) is 4.62. The molecule has 0 aliphatic heterocycles. The highest BCUT2D eigenvalue weighted by molar-refractivity contribution is 6.42. The van der Waals surface area contributed by atoms with Crippen LogP contribution in [0.1, 0.15) is 22.8 Å². The third-order valence-corrected chi connectivity index (χ3v) is 3.60. The zero-order valence-electron chi connectivity index (χ0n) is 12.5. The van der Waals surface area contributed by atoms with Gasteiger partial charge in [-0.15, -0.1) is 0 Å². The van der Waals surface area contributed by atoms with E-state index in [1.165, 1.54) is 12.3 Å². The van der Waals surface area contributed by atoms with Gasteiger partial charge < -0.3 is 10.6 Å². The van der Waals surface area contributed by atoms with Gasteiger partial charge in [0, 0.05) is 30.4 Å². The van der Waals surface area contributed by atoms with Gasteiger partial charge in [-0.3, -0.25) is 9.59 Å². The topological polar surface area (TPSA) is 71.1 Å². The minimum atomic E-state index is -4.69.